The lowest BCUT2D eigenvalue weighted by Gasteiger charge is -2.44. The molecule has 1 aromatic rings. The van der Waals surface area contributed by atoms with Gasteiger partial charge in [-0.1, -0.05) is 6.07 Å². The predicted molar refractivity (Wildman–Crippen MR) is 93.6 cm³/mol. The van der Waals surface area contributed by atoms with Gasteiger partial charge in [-0.2, -0.15) is 0 Å². The Hall–Kier alpha value is -2.11. The van der Waals surface area contributed by atoms with Crippen molar-refractivity contribution in [3.63, 3.8) is 0 Å². The number of hydrogen-bond donors (Lipinski definition) is 1. The van der Waals surface area contributed by atoms with E-state index in [1.54, 1.807) is 12.1 Å². The number of aliphatic carboxylic acids is 1. The highest BCUT2D eigenvalue weighted by atomic mass is 16.4. The van der Waals surface area contributed by atoms with Crippen LogP contribution in [0.25, 0.3) is 0 Å². The number of carbonyl (C=O) groups excluding carboxylic acids is 1. The molecule has 26 heavy (non-hydrogen) atoms. The molecule has 2 aliphatic carbocycles. The number of hydrogen-bond acceptors (Lipinski definition) is 3. The number of likely N-dealkylation sites (tertiary alicyclic amines) is 1. The van der Waals surface area contributed by atoms with Crippen LogP contribution in [0.3, 0.4) is 0 Å². The van der Waals surface area contributed by atoms with Gasteiger partial charge in [0.25, 0.3) is 5.56 Å². The highest BCUT2D eigenvalue weighted by Crippen LogP contribution is 2.53. The van der Waals surface area contributed by atoms with E-state index < -0.39 is 11.9 Å². The molecule has 2 saturated carbocycles. The second-order valence-corrected chi connectivity index (χ2v) is 8.66. The van der Waals surface area contributed by atoms with Crippen LogP contribution in [0.4, 0.5) is 0 Å². The molecule has 1 amide bonds. The normalized spacial score (nSPS) is 37.5. The van der Waals surface area contributed by atoms with Crippen LogP contribution < -0.4 is 5.56 Å². The Labute approximate surface area is 151 Å². The van der Waals surface area contributed by atoms with Gasteiger partial charge in [0.2, 0.25) is 5.91 Å². The number of carboxylic acids is 1. The Morgan fingerprint density at radius 1 is 1.00 bits per heavy atom. The second kappa shape index (κ2) is 5.69. The zero-order valence-electron chi connectivity index (χ0n) is 14.7. The van der Waals surface area contributed by atoms with E-state index in [9.17, 15) is 19.5 Å². The minimum absolute atomic E-state index is 0.0380. The summed E-state index contributed by atoms with van der Waals surface area (Å²) in [5.41, 5.74) is 1.06. The molecule has 6 heteroatoms. The molecule has 1 aromatic heterocycles. The van der Waals surface area contributed by atoms with Crippen LogP contribution in [0.15, 0.2) is 23.0 Å². The van der Waals surface area contributed by atoms with Gasteiger partial charge in [0.05, 0.1) is 11.8 Å². The van der Waals surface area contributed by atoms with Crippen molar-refractivity contribution < 1.29 is 14.7 Å². The smallest absolute Gasteiger partial charge is 0.307 e. The first-order valence-electron chi connectivity index (χ1n) is 9.74. The van der Waals surface area contributed by atoms with Crippen molar-refractivity contribution in [3.05, 3.63) is 34.2 Å². The Morgan fingerprint density at radius 2 is 1.77 bits per heavy atom. The number of carbonyl (C=O) groups is 2. The molecule has 0 radical (unpaired) electrons. The number of aromatic nitrogens is 1. The van der Waals surface area contributed by atoms with Crippen molar-refractivity contribution in [2.45, 2.75) is 38.1 Å². The van der Waals surface area contributed by atoms with Gasteiger partial charge in [0.15, 0.2) is 0 Å². The monoisotopic (exact) mass is 356 g/mol. The molecule has 0 aromatic carbocycles. The van der Waals surface area contributed by atoms with Gasteiger partial charge in [-0.05, 0) is 49.5 Å². The zero-order chi connectivity index (χ0) is 18.0. The summed E-state index contributed by atoms with van der Waals surface area (Å²) in [6.07, 6.45) is 3.84. The zero-order valence-corrected chi connectivity index (χ0v) is 14.7. The summed E-state index contributed by atoms with van der Waals surface area (Å²) >= 11 is 0. The number of rotatable bonds is 2. The number of carboxylic acid groups (broad SMARTS) is 1. The summed E-state index contributed by atoms with van der Waals surface area (Å²) < 4.78 is 1.86. The lowest BCUT2D eigenvalue weighted by molar-refractivity contribution is -0.154. The Balaban J connectivity index is 1.41. The number of amides is 1. The minimum Gasteiger partial charge on any atom is -0.481 e. The molecular weight excluding hydrogens is 332 g/mol. The van der Waals surface area contributed by atoms with E-state index in [1.807, 2.05) is 15.5 Å². The average Bonchev–Trinajstić information content (AvgIpc) is 3.23. The molecule has 1 N–H and O–H groups in total. The fraction of sp³-hybridized carbons (Fsp3) is 0.650. The lowest BCUT2D eigenvalue weighted by Crippen LogP contribution is -2.52. The quantitative estimate of drug-likeness (QED) is 0.872. The third-order valence-corrected chi connectivity index (χ3v) is 7.28. The molecule has 138 valence electrons. The summed E-state index contributed by atoms with van der Waals surface area (Å²) in [6.45, 7) is 1.92. The Kier molecular flexibility index (Phi) is 3.52. The molecule has 5 rings (SSSR count). The topological polar surface area (TPSA) is 79.6 Å². The summed E-state index contributed by atoms with van der Waals surface area (Å²) in [5.74, 6) is -0.716. The fourth-order valence-corrected chi connectivity index (χ4v) is 6.29. The molecule has 6 atom stereocenters. The Bertz CT molecular complexity index is 831. The third kappa shape index (κ3) is 2.27. The van der Waals surface area contributed by atoms with Gasteiger partial charge in [-0.15, -0.1) is 0 Å². The molecule has 4 bridgehead atoms. The van der Waals surface area contributed by atoms with E-state index in [1.165, 1.54) is 0 Å². The van der Waals surface area contributed by atoms with E-state index in [0.717, 1.165) is 31.4 Å². The SMILES string of the molecule is O=C(O)[C@@H]1[C@H]2CC[C@@H](C2)[C@@H]1C(=O)N1C[C@H]2C[C@@H](C1)c1cccc(=O)n1C2. The van der Waals surface area contributed by atoms with Crippen LogP contribution in [0.2, 0.25) is 0 Å². The number of pyridine rings is 1. The van der Waals surface area contributed by atoms with E-state index in [-0.39, 0.29) is 41.1 Å². The highest BCUT2D eigenvalue weighted by molar-refractivity contribution is 5.86. The van der Waals surface area contributed by atoms with Gasteiger partial charge < -0.3 is 14.6 Å². The van der Waals surface area contributed by atoms with E-state index in [0.29, 0.717) is 19.6 Å². The molecule has 0 spiro atoms. The van der Waals surface area contributed by atoms with Gasteiger partial charge in [0, 0.05) is 37.3 Å². The molecule has 4 aliphatic rings. The number of nitrogens with zero attached hydrogens (tertiary/aromatic N) is 2. The first kappa shape index (κ1) is 16.1. The number of fused-ring (bicyclic) bond motifs is 6. The van der Waals surface area contributed by atoms with Crippen molar-refractivity contribution in [1.29, 1.82) is 0 Å². The van der Waals surface area contributed by atoms with Gasteiger partial charge in [-0.25, -0.2) is 0 Å². The van der Waals surface area contributed by atoms with Gasteiger partial charge in [0.1, 0.15) is 0 Å². The third-order valence-electron chi connectivity index (χ3n) is 7.28. The van der Waals surface area contributed by atoms with E-state index >= 15 is 0 Å². The maximum atomic E-state index is 13.3. The fourth-order valence-electron chi connectivity index (χ4n) is 6.29. The maximum absolute atomic E-state index is 13.3. The first-order valence-corrected chi connectivity index (χ1v) is 9.74. The van der Waals surface area contributed by atoms with Crippen molar-refractivity contribution in [1.82, 2.24) is 9.47 Å². The first-order chi connectivity index (χ1) is 12.5. The van der Waals surface area contributed by atoms with Crippen LogP contribution >= 0.6 is 0 Å². The van der Waals surface area contributed by atoms with Crippen LogP contribution in [-0.2, 0) is 16.1 Å². The molecule has 1 saturated heterocycles. The van der Waals surface area contributed by atoms with Crippen molar-refractivity contribution in [2.24, 2.45) is 29.6 Å². The summed E-state index contributed by atoms with van der Waals surface area (Å²) in [4.78, 5) is 39.1. The average molecular weight is 356 g/mol. The largest absolute Gasteiger partial charge is 0.481 e. The summed E-state index contributed by atoms with van der Waals surface area (Å²) in [7, 11) is 0. The summed E-state index contributed by atoms with van der Waals surface area (Å²) in [5, 5.41) is 9.67. The van der Waals surface area contributed by atoms with E-state index in [4.69, 9.17) is 0 Å². The lowest BCUT2D eigenvalue weighted by atomic mass is 9.77. The van der Waals surface area contributed by atoms with Crippen LogP contribution in [0, 0.1) is 29.6 Å². The van der Waals surface area contributed by atoms with Crippen LogP contribution in [-0.4, -0.2) is 39.5 Å². The van der Waals surface area contributed by atoms with Gasteiger partial charge >= 0.3 is 5.97 Å². The van der Waals surface area contributed by atoms with E-state index in [2.05, 4.69) is 0 Å². The molecule has 6 nitrogen and oxygen atoms in total. The molecule has 0 unspecified atom stereocenters. The van der Waals surface area contributed by atoms with Crippen LogP contribution in [0.1, 0.15) is 37.3 Å². The van der Waals surface area contributed by atoms with Crippen LogP contribution in [0.5, 0.6) is 0 Å². The molecule has 2 aliphatic heterocycles. The molecule has 3 fully saturated rings. The van der Waals surface area contributed by atoms with Crippen molar-refractivity contribution in [3.8, 4) is 0 Å². The van der Waals surface area contributed by atoms with Gasteiger partial charge in [-0.3, -0.25) is 14.4 Å². The maximum Gasteiger partial charge on any atom is 0.307 e. The standard InChI is InChI=1S/C20H24N2O4/c23-16-3-1-2-15-14-6-11(9-22(15)16)8-21(10-14)19(24)17-12-4-5-13(7-12)18(17)20(25)26/h1-3,11-14,17-18H,4-10H2,(H,25,26)/t11-,12+,13+,14+,17+,18-/m1/s1. The minimum atomic E-state index is -0.801. The predicted octanol–water partition coefficient (Wildman–Crippen LogP) is 1.54. The molecule has 3 heterocycles. The highest BCUT2D eigenvalue weighted by Gasteiger charge is 2.55. The summed E-state index contributed by atoms with van der Waals surface area (Å²) in [6, 6.07) is 5.39. The van der Waals surface area contributed by atoms with Crippen molar-refractivity contribution >= 4 is 11.9 Å². The Morgan fingerprint density at radius 3 is 2.54 bits per heavy atom. The molecular formula is C20H24N2O4. The second-order valence-electron chi connectivity index (χ2n) is 8.66. The van der Waals surface area contributed by atoms with Crippen molar-refractivity contribution in [2.75, 3.05) is 13.1 Å². The number of piperidine rings is 1.